The van der Waals surface area contributed by atoms with Gasteiger partial charge in [0.05, 0.1) is 0 Å². The van der Waals surface area contributed by atoms with Crippen LogP contribution < -0.4 is 10.9 Å². The zero-order valence-corrected chi connectivity index (χ0v) is 14.0. The van der Waals surface area contributed by atoms with Gasteiger partial charge in [-0.25, -0.2) is 5.43 Å². The highest BCUT2D eigenvalue weighted by molar-refractivity contribution is 5.41. The van der Waals surface area contributed by atoms with E-state index in [0.29, 0.717) is 6.04 Å². The molecule has 3 rings (SSSR count). The number of benzene rings is 2. The second-order valence-electron chi connectivity index (χ2n) is 6.43. The van der Waals surface area contributed by atoms with Gasteiger partial charge in [0.1, 0.15) is 0 Å². The van der Waals surface area contributed by atoms with Crippen molar-refractivity contribution in [2.45, 2.75) is 45.3 Å². The Labute approximate surface area is 139 Å². The van der Waals surface area contributed by atoms with E-state index in [-0.39, 0.29) is 0 Å². The van der Waals surface area contributed by atoms with Crippen LogP contribution in [-0.4, -0.2) is 17.5 Å². The van der Waals surface area contributed by atoms with Crippen molar-refractivity contribution in [1.29, 1.82) is 0 Å². The van der Waals surface area contributed by atoms with Crippen LogP contribution in [-0.2, 0) is 13.1 Å². The molecule has 0 amide bonds. The first-order valence-electron chi connectivity index (χ1n) is 8.67. The second kappa shape index (κ2) is 8.14. The van der Waals surface area contributed by atoms with Crippen LogP contribution in [0.5, 0.6) is 0 Å². The van der Waals surface area contributed by atoms with Crippen molar-refractivity contribution in [1.82, 2.24) is 10.3 Å². The third kappa shape index (κ3) is 4.57. The molecule has 1 fully saturated rings. The molecular weight excluding hydrogens is 282 g/mol. The van der Waals surface area contributed by atoms with Gasteiger partial charge in [-0.3, -0.25) is 4.90 Å². The second-order valence-corrected chi connectivity index (χ2v) is 6.43. The predicted molar refractivity (Wildman–Crippen MR) is 97.1 cm³/mol. The van der Waals surface area contributed by atoms with Gasteiger partial charge in [0.2, 0.25) is 0 Å². The number of piperidine rings is 1. The van der Waals surface area contributed by atoms with Gasteiger partial charge in [-0.15, -0.1) is 0 Å². The van der Waals surface area contributed by atoms with E-state index in [4.69, 9.17) is 0 Å². The molecule has 122 valence electrons. The molecule has 23 heavy (non-hydrogen) atoms. The van der Waals surface area contributed by atoms with Crippen molar-refractivity contribution < 1.29 is 0 Å². The van der Waals surface area contributed by atoms with Crippen molar-refractivity contribution in [2.75, 3.05) is 12.0 Å². The van der Waals surface area contributed by atoms with Gasteiger partial charge in [0.15, 0.2) is 0 Å². The lowest BCUT2D eigenvalue weighted by molar-refractivity contribution is 0.152. The number of nitrogens with zero attached hydrogens (tertiary/aromatic N) is 1. The standard InChI is InChI=1S/C20H27N3/c1-17-9-7-8-14-23(17)16-19-11-6-5-10-18(19)15-21-22-20-12-3-2-4-13-20/h2-6,10-13,17,21-22H,7-9,14-16H2,1H3. The molecule has 0 bridgehead atoms. The molecule has 1 heterocycles. The van der Waals surface area contributed by atoms with Crippen molar-refractivity contribution in [2.24, 2.45) is 0 Å². The first-order valence-corrected chi connectivity index (χ1v) is 8.67. The van der Waals surface area contributed by atoms with Crippen molar-refractivity contribution >= 4 is 5.69 Å². The van der Waals surface area contributed by atoms with E-state index >= 15 is 0 Å². The first-order chi connectivity index (χ1) is 11.3. The molecule has 1 aliphatic rings. The van der Waals surface area contributed by atoms with Crippen molar-refractivity contribution in [3.8, 4) is 0 Å². The molecule has 1 saturated heterocycles. The summed E-state index contributed by atoms with van der Waals surface area (Å²) in [7, 11) is 0. The number of hydrogen-bond donors (Lipinski definition) is 2. The van der Waals surface area contributed by atoms with Gasteiger partial charge in [-0.05, 0) is 49.6 Å². The van der Waals surface area contributed by atoms with Crippen LogP contribution in [0.4, 0.5) is 5.69 Å². The van der Waals surface area contributed by atoms with Crippen LogP contribution in [0.15, 0.2) is 54.6 Å². The Morgan fingerprint density at radius 3 is 2.48 bits per heavy atom. The number of para-hydroxylation sites is 1. The molecule has 2 N–H and O–H groups in total. The van der Waals surface area contributed by atoms with Gasteiger partial charge < -0.3 is 5.43 Å². The average molecular weight is 309 g/mol. The van der Waals surface area contributed by atoms with E-state index in [0.717, 1.165) is 18.8 Å². The fourth-order valence-electron chi connectivity index (χ4n) is 3.26. The number of hydrogen-bond acceptors (Lipinski definition) is 3. The quantitative estimate of drug-likeness (QED) is 0.784. The molecule has 2 aromatic carbocycles. The number of rotatable bonds is 6. The molecule has 0 saturated carbocycles. The molecule has 3 heteroatoms. The Kier molecular flexibility index (Phi) is 5.67. The zero-order chi connectivity index (χ0) is 15.9. The maximum Gasteiger partial charge on any atom is 0.0487 e. The third-order valence-electron chi connectivity index (χ3n) is 4.72. The monoisotopic (exact) mass is 309 g/mol. The smallest absolute Gasteiger partial charge is 0.0487 e. The lowest BCUT2D eigenvalue weighted by Crippen LogP contribution is -2.37. The molecule has 1 unspecified atom stereocenters. The number of nitrogens with one attached hydrogen (secondary N) is 2. The van der Waals surface area contributed by atoms with Gasteiger partial charge in [0, 0.05) is 24.8 Å². The summed E-state index contributed by atoms with van der Waals surface area (Å²) >= 11 is 0. The Morgan fingerprint density at radius 1 is 0.957 bits per heavy atom. The van der Waals surface area contributed by atoms with Crippen molar-refractivity contribution in [3.63, 3.8) is 0 Å². The van der Waals surface area contributed by atoms with E-state index in [1.807, 2.05) is 18.2 Å². The summed E-state index contributed by atoms with van der Waals surface area (Å²) in [6, 6.07) is 19.7. The van der Waals surface area contributed by atoms with E-state index in [2.05, 4.69) is 59.1 Å². The SMILES string of the molecule is CC1CCCCN1Cc1ccccc1CNNc1ccccc1. The zero-order valence-electron chi connectivity index (χ0n) is 14.0. The normalized spacial score (nSPS) is 18.7. The lowest BCUT2D eigenvalue weighted by atomic mass is 10.0. The lowest BCUT2D eigenvalue weighted by Gasteiger charge is -2.33. The van der Waals surface area contributed by atoms with Crippen LogP contribution in [0.2, 0.25) is 0 Å². The minimum atomic E-state index is 0.701. The van der Waals surface area contributed by atoms with E-state index in [1.54, 1.807) is 0 Å². The fraction of sp³-hybridized carbons (Fsp3) is 0.400. The highest BCUT2D eigenvalue weighted by Gasteiger charge is 2.18. The Hall–Kier alpha value is -1.84. The molecule has 3 nitrogen and oxygen atoms in total. The maximum atomic E-state index is 3.34. The Morgan fingerprint density at radius 2 is 1.70 bits per heavy atom. The average Bonchev–Trinajstić information content (AvgIpc) is 2.59. The van der Waals surface area contributed by atoms with Gasteiger partial charge >= 0.3 is 0 Å². The topological polar surface area (TPSA) is 27.3 Å². The summed E-state index contributed by atoms with van der Waals surface area (Å²) in [6.45, 7) is 5.47. The van der Waals surface area contributed by atoms with Gasteiger partial charge in [-0.2, -0.15) is 0 Å². The summed E-state index contributed by atoms with van der Waals surface area (Å²) in [5, 5.41) is 0. The van der Waals surface area contributed by atoms with E-state index in [9.17, 15) is 0 Å². The molecule has 1 atom stereocenters. The van der Waals surface area contributed by atoms with Crippen molar-refractivity contribution in [3.05, 3.63) is 65.7 Å². The first kappa shape index (κ1) is 16.0. The minimum absolute atomic E-state index is 0.701. The van der Waals surface area contributed by atoms with Crippen LogP contribution in [0.1, 0.15) is 37.3 Å². The number of likely N-dealkylation sites (tertiary alicyclic amines) is 1. The van der Waals surface area contributed by atoms with Gasteiger partial charge in [0.25, 0.3) is 0 Å². The minimum Gasteiger partial charge on any atom is -0.321 e. The van der Waals surface area contributed by atoms with Crippen LogP contribution >= 0.6 is 0 Å². The molecular formula is C20H27N3. The number of hydrazine groups is 1. The maximum absolute atomic E-state index is 3.34. The summed E-state index contributed by atoms with van der Waals surface area (Å²) < 4.78 is 0. The third-order valence-corrected chi connectivity index (χ3v) is 4.72. The Balaban J connectivity index is 1.59. The summed E-state index contributed by atoms with van der Waals surface area (Å²) in [6.07, 6.45) is 4.04. The summed E-state index contributed by atoms with van der Waals surface area (Å²) in [5.74, 6) is 0. The molecule has 0 aromatic heterocycles. The van der Waals surface area contributed by atoms with Gasteiger partial charge in [-0.1, -0.05) is 48.9 Å². The fourth-order valence-corrected chi connectivity index (χ4v) is 3.26. The largest absolute Gasteiger partial charge is 0.321 e. The summed E-state index contributed by atoms with van der Waals surface area (Å²) in [5.41, 5.74) is 10.5. The predicted octanol–water partition coefficient (Wildman–Crippen LogP) is 4.18. The Bertz CT molecular complexity index is 597. The molecule has 1 aliphatic heterocycles. The number of anilines is 1. The van der Waals surface area contributed by atoms with Crippen LogP contribution in [0, 0.1) is 0 Å². The molecule has 2 aromatic rings. The molecule has 0 aliphatic carbocycles. The molecule has 0 radical (unpaired) electrons. The molecule has 0 spiro atoms. The van der Waals surface area contributed by atoms with E-state index < -0.39 is 0 Å². The summed E-state index contributed by atoms with van der Waals surface area (Å²) in [4.78, 5) is 2.62. The van der Waals surface area contributed by atoms with Crippen LogP contribution in [0.3, 0.4) is 0 Å². The highest BCUT2D eigenvalue weighted by atomic mass is 15.3. The van der Waals surface area contributed by atoms with Crippen LogP contribution in [0.25, 0.3) is 0 Å². The van der Waals surface area contributed by atoms with E-state index in [1.165, 1.54) is 36.9 Å². The highest BCUT2D eigenvalue weighted by Crippen LogP contribution is 2.20.